The Kier molecular flexibility index (Phi) is 55.5. The number of hydrogen-bond donors (Lipinski definition) is 5. The molecule has 130 heavy (non-hydrogen) atoms. The first-order valence-electron chi connectivity index (χ1n) is 41.1. The Balaban J connectivity index is 0.000000520. The summed E-state index contributed by atoms with van der Waals surface area (Å²) in [6.07, 6.45) is 4.64. The molecule has 44 heteroatoms. The first-order valence-corrected chi connectivity index (χ1v) is 50.6. The number of thioether (sulfide) groups is 8. The van der Waals surface area contributed by atoms with Crippen molar-refractivity contribution in [1.29, 1.82) is 0 Å². The van der Waals surface area contributed by atoms with Gasteiger partial charge >= 0.3 is 85.1 Å². The average molecular weight is 2050 g/mol. The van der Waals surface area contributed by atoms with Crippen LogP contribution in [0.3, 0.4) is 0 Å². The van der Waals surface area contributed by atoms with Gasteiger partial charge < -0.3 is 68.2 Å². The van der Waals surface area contributed by atoms with Crippen LogP contribution in [-0.2, 0) is 96.0 Å². The second-order valence-electron chi connectivity index (χ2n) is 32.1. The summed E-state index contributed by atoms with van der Waals surface area (Å²) < 4.78 is 51.7. The number of nitrogens with zero attached hydrogens (tertiary/aromatic N) is 6. The molecule has 13 rings (SSSR count). The number of likely N-dealkylation sites (tertiary alicyclic amines) is 5. The third-order valence-electron chi connectivity index (χ3n) is 20.3. The van der Waals surface area contributed by atoms with Crippen molar-refractivity contribution in [3.63, 3.8) is 0 Å². The molecule has 3 aromatic carbocycles. The van der Waals surface area contributed by atoms with Gasteiger partial charge in [-0.25, -0.2) is 52.4 Å². The van der Waals surface area contributed by atoms with Gasteiger partial charge in [-0.1, -0.05) is 106 Å². The fourth-order valence-corrected chi connectivity index (χ4v) is 28.8. The minimum Gasteiger partial charge on any atom is -0.870 e. The molecule has 0 unspecified atom stereocenters. The summed E-state index contributed by atoms with van der Waals surface area (Å²) >= 11 is 28.8. The maximum atomic E-state index is 12.6. The van der Waals surface area contributed by atoms with Gasteiger partial charge in [0.05, 0.1) is 77.2 Å². The van der Waals surface area contributed by atoms with E-state index in [1.165, 1.54) is 81.0 Å². The van der Waals surface area contributed by atoms with Gasteiger partial charge in [0, 0.05) is 58.3 Å². The summed E-state index contributed by atoms with van der Waals surface area (Å²) in [6.45, 7) is 13.7. The monoisotopic (exact) mass is 2040 g/mol. The molecule has 0 bridgehead atoms. The topological polar surface area (TPSA) is 390 Å². The van der Waals surface area contributed by atoms with Crippen LogP contribution in [-0.4, -0.2) is 324 Å². The Hall–Kier alpha value is -4.65. The van der Waals surface area contributed by atoms with E-state index in [2.05, 4.69) is 34.7 Å². The Morgan fingerprint density at radius 1 is 0.400 bits per heavy atom. The number of aliphatic hydroxyl groups is 2. The zero-order valence-corrected chi connectivity index (χ0v) is 84.4. The van der Waals surface area contributed by atoms with Crippen molar-refractivity contribution in [2.45, 2.75) is 223 Å². The van der Waals surface area contributed by atoms with Crippen molar-refractivity contribution in [2.24, 2.45) is 0 Å². The molecule has 8 atom stereocenters. The largest absolute Gasteiger partial charge is 1.00 e. The van der Waals surface area contributed by atoms with Crippen LogP contribution in [0.5, 0.6) is 0 Å². The molecular formula is C86H131Cl2LiN6O25S10. The summed E-state index contributed by atoms with van der Waals surface area (Å²) in [7, 11) is 6.64. The molecule has 10 saturated heterocycles. The number of aliphatic carboxylic acids is 1. The van der Waals surface area contributed by atoms with E-state index in [4.69, 9.17) is 49.7 Å². The zero-order valence-electron chi connectivity index (χ0n) is 74.5. The number of hydrogen-bond acceptors (Lipinski definition) is 35. The number of rotatable bonds is 14. The number of thiol groups is 2. The minimum absolute atomic E-state index is 0. The van der Waals surface area contributed by atoms with Crippen LogP contribution in [0.2, 0.25) is 0 Å². The zero-order chi connectivity index (χ0) is 91.7. The summed E-state index contributed by atoms with van der Waals surface area (Å²) in [4.78, 5) is 138. The Bertz CT molecular complexity index is 3870. The molecule has 4 spiro atoms. The molecular weight excluding hydrogens is 1920 g/mol. The molecule has 3 aromatic rings. The number of benzene rings is 3. The van der Waals surface area contributed by atoms with Crippen molar-refractivity contribution >= 4 is 210 Å². The fourth-order valence-electron chi connectivity index (χ4n) is 14.3. The van der Waals surface area contributed by atoms with Crippen molar-refractivity contribution < 1.29 is 140 Å². The third-order valence-corrected chi connectivity index (χ3v) is 34.6. The van der Waals surface area contributed by atoms with E-state index in [0.29, 0.717) is 38.9 Å². The summed E-state index contributed by atoms with van der Waals surface area (Å²) in [5, 5.41) is 28.6. The molecule has 4 N–H and O–H groups in total. The molecule has 10 fully saturated rings. The number of β-amino-alcohol motifs (C(OH)–C–C–N with tert-alkyl or cyclic N) is 2. The number of halogens is 2. The second-order valence-corrected chi connectivity index (χ2v) is 46.3. The van der Waals surface area contributed by atoms with E-state index >= 15 is 0 Å². The maximum absolute atomic E-state index is 12.6. The smallest absolute Gasteiger partial charge is 0.870 e. The van der Waals surface area contributed by atoms with Gasteiger partial charge in [0.15, 0.2) is 0 Å². The van der Waals surface area contributed by atoms with Gasteiger partial charge in [0.25, 0.3) is 0 Å². The van der Waals surface area contributed by atoms with Gasteiger partial charge in [0.2, 0.25) is 0 Å². The third kappa shape index (κ3) is 38.0. The number of carbonyl (C=O) groups is 11. The quantitative estimate of drug-likeness (QED) is 0.0329. The Labute approximate surface area is 834 Å². The molecule has 0 radical (unpaired) electrons. The van der Waals surface area contributed by atoms with Crippen molar-refractivity contribution in [3.8, 4) is 0 Å². The van der Waals surface area contributed by atoms with Gasteiger partial charge in [-0.05, 0) is 166 Å². The van der Waals surface area contributed by atoms with E-state index < -0.39 is 102 Å². The molecule has 730 valence electrons. The molecule has 10 aliphatic heterocycles. The van der Waals surface area contributed by atoms with E-state index in [0.717, 1.165) is 88.5 Å². The van der Waals surface area contributed by atoms with Gasteiger partial charge in [0.1, 0.15) is 67.3 Å². The van der Waals surface area contributed by atoms with Crippen LogP contribution in [0.1, 0.15) is 144 Å². The van der Waals surface area contributed by atoms with Crippen LogP contribution < -0.4 is 18.9 Å². The first-order chi connectivity index (χ1) is 59.4. The second kappa shape index (κ2) is 59.5. The number of carbonyl (C=O) groups excluding carboxylic acids is 10. The Morgan fingerprint density at radius 2 is 0.646 bits per heavy atom. The predicted octanol–water partition coefficient (Wildman–Crippen LogP) is 12.1. The van der Waals surface area contributed by atoms with Crippen molar-refractivity contribution in [1.82, 2.24) is 28.9 Å². The van der Waals surface area contributed by atoms with Crippen LogP contribution in [0, 0.1) is 0 Å². The molecule has 0 saturated carbocycles. The van der Waals surface area contributed by atoms with E-state index in [1.807, 2.05) is 182 Å². The van der Waals surface area contributed by atoms with Crippen LogP contribution in [0.4, 0.5) is 24.0 Å². The predicted molar refractivity (Wildman–Crippen MR) is 523 cm³/mol. The van der Waals surface area contributed by atoms with E-state index in [9.17, 15) is 68.1 Å². The fraction of sp³-hybridized carbons (Fsp3) is 0.663. The maximum Gasteiger partial charge on any atom is 1.00 e. The van der Waals surface area contributed by atoms with Crippen molar-refractivity contribution in [3.05, 3.63) is 108 Å². The molecule has 10 heterocycles. The number of esters is 5. The van der Waals surface area contributed by atoms with Crippen LogP contribution >= 0.6 is 144 Å². The molecule has 0 aromatic heterocycles. The molecule has 31 nitrogen and oxygen atoms in total. The normalized spacial score (nSPS) is 22.6. The number of carboxylic acid groups (broad SMARTS) is 1. The van der Waals surface area contributed by atoms with E-state index in [-0.39, 0.29) is 138 Å². The standard InChI is InChI=1S/C17H21NO4S2.2C14H17NO5.C14H23NO4S2.C13H21NO4S2.C9H14ClNO2S2.C3H8S2.2CH4.ClH.Li.H2O/c1-21-15(19)14-10-17(23-8-5-9-24-17)12-18(14)16(20)22-11-13-6-3-2-4-7-13;2*1-19-13(17)12-7-11(16)8-15(12)14(18)20-9-10-5-3-2-4-6-10;1-13(2,3)19-12(17)15-9-14(20-6-5-7-21-14)8-10(15)11(16)18-4;1-12(2,3)18-11(17)14-8-13(7-9(14)10(15)16)19-5-4-6-20-13;1-13-8(12)7-5-9(6-11(7)10)14-3-2-4-15-9;4-2-1-3-5;;;;;/h2-4,6-7,14H,5,8-12H2,1H3;2*2-6,11-12,16H,7-9H2,1H3;10H,5-9H2,1-4H3;9H,4-8H2,1-3H3,(H,15,16);7H,2-6H2,1H3;4-5H,1-3H2;2*1H4;1H;;1H2/q;;;;;;;;;;+1;/p-1/t14-;11-,12+;11-,12-;10-;9-;7-;;;;;;/m010000....../s1. The minimum atomic E-state index is -0.945. The molecule has 5 amide bonds. The molecule has 0 aliphatic carbocycles. The first kappa shape index (κ1) is 121. The van der Waals surface area contributed by atoms with Crippen molar-refractivity contribution in [2.75, 3.05) is 132 Å². The molecule has 10 aliphatic rings. The number of carboxylic acids is 1. The number of methoxy groups -OCH3 is 5. The number of amides is 5. The Morgan fingerprint density at radius 3 is 0.915 bits per heavy atom. The average Bonchev–Trinajstić information content (AvgIpc) is 1.65. The van der Waals surface area contributed by atoms with Crippen LogP contribution in [0.25, 0.3) is 0 Å². The summed E-state index contributed by atoms with van der Waals surface area (Å²) in [5.74, 6) is 7.63. The number of ether oxygens (including phenoxy) is 10. The summed E-state index contributed by atoms with van der Waals surface area (Å²) in [5.41, 5.74) is 1.46. The van der Waals surface area contributed by atoms with Crippen LogP contribution in [0.15, 0.2) is 91.0 Å². The van der Waals surface area contributed by atoms with E-state index in [1.54, 1.807) is 58.5 Å². The van der Waals surface area contributed by atoms with Gasteiger partial charge in [-0.2, -0.15) is 25.3 Å². The summed E-state index contributed by atoms with van der Waals surface area (Å²) in [6, 6.07) is 24.3. The van der Waals surface area contributed by atoms with Gasteiger partial charge in [-0.3, -0.25) is 29.3 Å². The SMILES string of the molecule is C.C.CC(C)(C)OC(=O)N1CC2(C[C@H]1C(=O)O)SCCCS2.COC(=O)[C@@H]1CC2(CN1C(=O)OC(C)(C)C)SCCCS2.COC(=O)[C@@H]1CC2(CN1C(=O)OCc1ccccc1)SCCCS2.COC(=O)[C@@H]1CC2(CN1Cl)SCCCS2.COC(=O)[C@@H]1C[C@@H](O)CN1C(=O)OCc1ccccc1.COC(=O)[C@@H]1C[C@H](O)CN1C(=O)OCc1ccccc1.Cl.SCCCS.[Li+].[OH-]. The number of aliphatic hydroxyl groups excluding tert-OH is 2. The van der Waals surface area contributed by atoms with Gasteiger partial charge in [-0.15, -0.1) is 107 Å².